The van der Waals surface area contributed by atoms with Crippen molar-refractivity contribution in [3.05, 3.63) is 35.4 Å². The first kappa shape index (κ1) is 21.7. The molecule has 0 bridgehead atoms. The van der Waals surface area contributed by atoms with E-state index in [0.717, 1.165) is 5.56 Å². The van der Waals surface area contributed by atoms with E-state index in [1.165, 1.54) is 0 Å². The molecule has 0 radical (unpaired) electrons. The van der Waals surface area contributed by atoms with Gasteiger partial charge in [-0.2, -0.15) is 0 Å². The van der Waals surface area contributed by atoms with Gasteiger partial charge in [0.2, 0.25) is 5.91 Å². The molecule has 0 aliphatic heterocycles. The lowest BCUT2D eigenvalue weighted by atomic mass is 9.87. The molecule has 1 aromatic rings. The van der Waals surface area contributed by atoms with E-state index in [2.05, 4.69) is 31.4 Å². The van der Waals surface area contributed by atoms with Gasteiger partial charge in [0.25, 0.3) is 5.91 Å². The topological polar surface area (TPSA) is 95.5 Å². The third-order valence-corrected chi connectivity index (χ3v) is 4.67. The Hall–Kier alpha value is -2.37. The first-order chi connectivity index (χ1) is 12.0. The van der Waals surface area contributed by atoms with Crippen LogP contribution in [0.2, 0.25) is 0 Å². The Balaban J connectivity index is 2.66. The fraction of sp³-hybridized carbons (Fsp3) is 0.550. The lowest BCUT2D eigenvalue weighted by Gasteiger charge is -2.31. The quantitative estimate of drug-likeness (QED) is 0.662. The Morgan fingerprint density at radius 1 is 1.00 bits per heavy atom. The van der Waals surface area contributed by atoms with Gasteiger partial charge in [-0.25, -0.2) is 0 Å². The SMILES string of the molecule is CCC(CC)(CC(=O)O)NC(=O)CNC(=O)c1ccc(C(C)(C)C)cc1. The number of nitrogens with one attached hydrogen (secondary N) is 2. The van der Waals surface area contributed by atoms with Gasteiger partial charge in [0.05, 0.1) is 18.5 Å². The molecule has 3 N–H and O–H groups in total. The summed E-state index contributed by atoms with van der Waals surface area (Å²) in [4.78, 5) is 35.4. The van der Waals surface area contributed by atoms with Crippen LogP contribution in [0.4, 0.5) is 0 Å². The second-order valence-electron chi connectivity index (χ2n) is 7.62. The van der Waals surface area contributed by atoms with Crippen molar-refractivity contribution in [2.75, 3.05) is 6.54 Å². The van der Waals surface area contributed by atoms with Gasteiger partial charge in [-0.05, 0) is 36.0 Å². The number of hydrogen-bond acceptors (Lipinski definition) is 3. The molecule has 144 valence electrons. The van der Waals surface area contributed by atoms with Crippen molar-refractivity contribution in [3.8, 4) is 0 Å². The maximum Gasteiger partial charge on any atom is 0.305 e. The van der Waals surface area contributed by atoms with Crippen LogP contribution in [-0.4, -0.2) is 35.0 Å². The van der Waals surface area contributed by atoms with Crippen molar-refractivity contribution < 1.29 is 19.5 Å². The third-order valence-electron chi connectivity index (χ3n) is 4.67. The summed E-state index contributed by atoms with van der Waals surface area (Å²) in [7, 11) is 0. The predicted molar refractivity (Wildman–Crippen MR) is 101 cm³/mol. The summed E-state index contributed by atoms with van der Waals surface area (Å²) in [5.41, 5.74) is 0.815. The van der Waals surface area contributed by atoms with E-state index in [1.54, 1.807) is 12.1 Å². The summed E-state index contributed by atoms with van der Waals surface area (Å²) < 4.78 is 0. The number of carbonyl (C=O) groups excluding carboxylic acids is 2. The molecule has 0 aliphatic rings. The normalized spacial score (nSPS) is 11.7. The summed E-state index contributed by atoms with van der Waals surface area (Å²) in [5, 5.41) is 14.4. The van der Waals surface area contributed by atoms with Crippen LogP contribution in [0.25, 0.3) is 0 Å². The molecule has 0 saturated carbocycles. The molecule has 0 spiro atoms. The van der Waals surface area contributed by atoms with Gasteiger partial charge in [-0.3, -0.25) is 14.4 Å². The van der Waals surface area contributed by atoms with Crippen molar-refractivity contribution >= 4 is 17.8 Å². The molecule has 26 heavy (non-hydrogen) atoms. The minimum atomic E-state index is -0.961. The monoisotopic (exact) mass is 362 g/mol. The predicted octanol–water partition coefficient (Wildman–Crippen LogP) is 2.86. The first-order valence-corrected chi connectivity index (χ1v) is 8.94. The van der Waals surface area contributed by atoms with E-state index in [-0.39, 0.29) is 24.3 Å². The van der Waals surface area contributed by atoms with E-state index in [0.29, 0.717) is 18.4 Å². The number of carbonyl (C=O) groups is 3. The Labute approximate surface area is 155 Å². The minimum Gasteiger partial charge on any atom is -0.481 e. The summed E-state index contributed by atoms with van der Waals surface area (Å²) in [6.07, 6.45) is 0.863. The number of amides is 2. The Morgan fingerprint density at radius 2 is 1.54 bits per heavy atom. The molecule has 2 amide bonds. The molecule has 0 aliphatic carbocycles. The molecule has 0 heterocycles. The average Bonchev–Trinajstić information content (AvgIpc) is 2.58. The fourth-order valence-electron chi connectivity index (χ4n) is 2.73. The highest BCUT2D eigenvalue weighted by molar-refractivity contribution is 5.96. The van der Waals surface area contributed by atoms with Gasteiger partial charge in [0, 0.05) is 5.56 Å². The van der Waals surface area contributed by atoms with Crippen LogP contribution >= 0.6 is 0 Å². The second-order valence-corrected chi connectivity index (χ2v) is 7.62. The van der Waals surface area contributed by atoms with Crippen LogP contribution in [0.1, 0.15) is 69.8 Å². The largest absolute Gasteiger partial charge is 0.481 e. The Bertz CT molecular complexity index is 641. The number of aliphatic carboxylic acids is 1. The highest BCUT2D eigenvalue weighted by Gasteiger charge is 2.30. The number of carboxylic acid groups (broad SMARTS) is 1. The molecule has 0 saturated heterocycles. The maximum atomic E-state index is 12.2. The minimum absolute atomic E-state index is 0.00265. The van der Waals surface area contributed by atoms with Crippen molar-refractivity contribution in [2.24, 2.45) is 0 Å². The van der Waals surface area contributed by atoms with Crippen molar-refractivity contribution in [1.29, 1.82) is 0 Å². The lowest BCUT2D eigenvalue weighted by Crippen LogP contribution is -2.52. The van der Waals surface area contributed by atoms with E-state index in [9.17, 15) is 14.4 Å². The van der Waals surface area contributed by atoms with Gasteiger partial charge in [0.1, 0.15) is 0 Å². The van der Waals surface area contributed by atoms with Crippen LogP contribution < -0.4 is 10.6 Å². The molecule has 0 unspecified atom stereocenters. The smallest absolute Gasteiger partial charge is 0.305 e. The van der Waals surface area contributed by atoms with Crippen molar-refractivity contribution in [2.45, 2.75) is 64.8 Å². The van der Waals surface area contributed by atoms with E-state index >= 15 is 0 Å². The first-order valence-electron chi connectivity index (χ1n) is 8.94. The molecule has 6 nitrogen and oxygen atoms in total. The van der Waals surface area contributed by atoms with E-state index < -0.39 is 17.4 Å². The molecule has 0 fully saturated rings. The van der Waals surface area contributed by atoms with Gasteiger partial charge in [-0.15, -0.1) is 0 Å². The summed E-state index contributed by atoms with van der Waals surface area (Å²) in [6.45, 7) is 9.76. The highest BCUT2D eigenvalue weighted by Crippen LogP contribution is 2.22. The Morgan fingerprint density at radius 3 is 1.96 bits per heavy atom. The van der Waals surface area contributed by atoms with Crippen molar-refractivity contribution in [1.82, 2.24) is 10.6 Å². The molecule has 6 heteroatoms. The van der Waals surface area contributed by atoms with Crippen LogP contribution in [0.15, 0.2) is 24.3 Å². The Kier molecular flexibility index (Phi) is 7.36. The number of rotatable bonds is 8. The van der Waals surface area contributed by atoms with Crippen LogP contribution in [0, 0.1) is 0 Å². The molecule has 0 aromatic heterocycles. The summed E-state index contributed by atoms with van der Waals surface area (Å²) in [5.74, 6) is -1.69. The van der Waals surface area contributed by atoms with Gasteiger partial charge >= 0.3 is 5.97 Å². The molecular formula is C20H30N2O4. The average molecular weight is 362 g/mol. The van der Waals surface area contributed by atoms with Gasteiger partial charge in [-0.1, -0.05) is 46.8 Å². The van der Waals surface area contributed by atoms with E-state index in [1.807, 2.05) is 26.0 Å². The molecule has 1 rings (SSSR count). The zero-order valence-electron chi connectivity index (χ0n) is 16.3. The summed E-state index contributed by atoms with van der Waals surface area (Å²) in [6, 6.07) is 7.28. The van der Waals surface area contributed by atoms with Gasteiger partial charge in [0.15, 0.2) is 0 Å². The van der Waals surface area contributed by atoms with Crippen LogP contribution in [0.5, 0.6) is 0 Å². The van der Waals surface area contributed by atoms with Crippen molar-refractivity contribution in [3.63, 3.8) is 0 Å². The zero-order chi connectivity index (χ0) is 20.0. The molecule has 1 aromatic carbocycles. The van der Waals surface area contributed by atoms with Crippen LogP contribution in [0.3, 0.4) is 0 Å². The van der Waals surface area contributed by atoms with E-state index in [4.69, 9.17) is 5.11 Å². The number of carboxylic acids is 1. The van der Waals surface area contributed by atoms with Crippen LogP contribution in [-0.2, 0) is 15.0 Å². The molecular weight excluding hydrogens is 332 g/mol. The maximum absolute atomic E-state index is 12.2. The number of hydrogen-bond donors (Lipinski definition) is 3. The highest BCUT2D eigenvalue weighted by atomic mass is 16.4. The van der Waals surface area contributed by atoms with Gasteiger partial charge < -0.3 is 15.7 Å². The fourth-order valence-corrected chi connectivity index (χ4v) is 2.73. The lowest BCUT2D eigenvalue weighted by molar-refractivity contribution is -0.139. The zero-order valence-corrected chi connectivity index (χ0v) is 16.3. The summed E-state index contributed by atoms with van der Waals surface area (Å²) >= 11 is 0. The second kappa shape index (κ2) is 8.83. The number of benzene rings is 1. The third kappa shape index (κ3) is 6.17. The standard InChI is InChI=1S/C20H30N2O4/c1-6-20(7-2,12-17(24)25)22-16(23)13-21-18(26)14-8-10-15(11-9-14)19(3,4)5/h8-11H,6-7,12-13H2,1-5H3,(H,21,26)(H,22,23)(H,24,25). The molecule has 0 atom stereocenters.